The van der Waals surface area contributed by atoms with Crippen LogP contribution in [0.1, 0.15) is 84.5 Å². The van der Waals surface area contributed by atoms with Crippen LogP contribution in [0.25, 0.3) is 0 Å². The first-order valence-electron chi connectivity index (χ1n) is 10.2. The molecule has 0 bridgehead atoms. The van der Waals surface area contributed by atoms with Crippen molar-refractivity contribution < 1.29 is 19.8 Å². The summed E-state index contributed by atoms with van der Waals surface area (Å²) in [7, 11) is 0. The quantitative estimate of drug-likeness (QED) is 0.354. The summed E-state index contributed by atoms with van der Waals surface area (Å²) < 4.78 is 0. The van der Waals surface area contributed by atoms with Gasteiger partial charge in [0.25, 0.3) is 0 Å². The second kappa shape index (κ2) is 12.1. The molecule has 0 radical (unpaired) electrons. The lowest BCUT2D eigenvalue weighted by Gasteiger charge is -2.21. The van der Waals surface area contributed by atoms with Crippen LogP contribution in [-0.4, -0.2) is 27.6 Å². The Morgan fingerprint density at radius 1 is 1.15 bits per heavy atom. The summed E-state index contributed by atoms with van der Waals surface area (Å²) in [6.07, 6.45) is 17.5. The minimum absolute atomic E-state index is 0.127. The highest BCUT2D eigenvalue weighted by Crippen LogP contribution is 2.34. The van der Waals surface area contributed by atoms with Gasteiger partial charge in [0.15, 0.2) is 5.60 Å². The van der Waals surface area contributed by atoms with Gasteiger partial charge in [-0.3, -0.25) is 4.79 Å². The van der Waals surface area contributed by atoms with Crippen LogP contribution in [0.3, 0.4) is 0 Å². The highest BCUT2D eigenvalue weighted by Gasteiger charge is 2.34. The molecule has 1 aliphatic rings. The van der Waals surface area contributed by atoms with E-state index in [4.69, 9.17) is 5.11 Å². The molecule has 0 spiro atoms. The lowest BCUT2D eigenvalue weighted by Crippen LogP contribution is -2.37. The summed E-state index contributed by atoms with van der Waals surface area (Å²) in [5.41, 5.74) is -1.60. The molecule has 3 atom stereocenters. The zero-order valence-corrected chi connectivity index (χ0v) is 16.5. The fraction of sp³-hybridized carbons (Fsp3) is 0.727. The van der Waals surface area contributed by atoms with Crippen LogP contribution in [0, 0.1) is 11.8 Å². The number of carboxylic acid groups (broad SMARTS) is 1. The summed E-state index contributed by atoms with van der Waals surface area (Å²) in [6.45, 7) is 3.83. The molecule has 1 saturated carbocycles. The minimum atomic E-state index is -1.60. The van der Waals surface area contributed by atoms with Gasteiger partial charge in [0.2, 0.25) is 0 Å². The van der Waals surface area contributed by atoms with E-state index >= 15 is 0 Å². The highest BCUT2D eigenvalue weighted by molar-refractivity contribution is 5.83. The molecule has 0 aliphatic heterocycles. The van der Waals surface area contributed by atoms with Gasteiger partial charge in [0.1, 0.15) is 5.78 Å². The van der Waals surface area contributed by atoms with Crippen molar-refractivity contribution in [2.45, 2.75) is 90.1 Å². The average molecular weight is 365 g/mol. The van der Waals surface area contributed by atoms with Crippen LogP contribution in [0.5, 0.6) is 0 Å². The number of aliphatic hydroxyl groups is 1. The Labute approximate surface area is 158 Å². The highest BCUT2D eigenvalue weighted by atomic mass is 16.4. The third kappa shape index (κ3) is 7.45. The fourth-order valence-electron chi connectivity index (χ4n) is 3.68. The monoisotopic (exact) mass is 364 g/mol. The van der Waals surface area contributed by atoms with E-state index in [0.29, 0.717) is 24.5 Å². The third-order valence-corrected chi connectivity index (χ3v) is 5.53. The Balaban J connectivity index is 2.32. The summed E-state index contributed by atoms with van der Waals surface area (Å²) >= 11 is 0. The van der Waals surface area contributed by atoms with E-state index in [2.05, 4.69) is 31.2 Å². The largest absolute Gasteiger partial charge is 0.479 e. The van der Waals surface area contributed by atoms with Crippen molar-refractivity contribution in [1.29, 1.82) is 0 Å². The third-order valence-electron chi connectivity index (χ3n) is 5.53. The molecule has 4 heteroatoms. The maximum atomic E-state index is 12.2. The Kier molecular flexibility index (Phi) is 10.5. The first-order valence-corrected chi connectivity index (χ1v) is 10.2. The van der Waals surface area contributed by atoms with E-state index in [-0.39, 0.29) is 18.8 Å². The van der Waals surface area contributed by atoms with Gasteiger partial charge in [-0.2, -0.15) is 0 Å². The van der Waals surface area contributed by atoms with E-state index in [1.54, 1.807) is 6.92 Å². The molecule has 1 rings (SSSR count). The Hall–Kier alpha value is -1.42. The van der Waals surface area contributed by atoms with E-state index in [1.807, 2.05) is 0 Å². The summed E-state index contributed by atoms with van der Waals surface area (Å²) in [6, 6.07) is 0. The zero-order chi connectivity index (χ0) is 19.4. The van der Waals surface area contributed by atoms with Crippen molar-refractivity contribution in [2.24, 2.45) is 11.8 Å². The summed E-state index contributed by atoms with van der Waals surface area (Å²) in [5.74, 6) is -0.266. The maximum absolute atomic E-state index is 12.2. The van der Waals surface area contributed by atoms with Gasteiger partial charge in [-0.1, -0.05) is 51.0 Å². The molecule has 0 heterocycles. The number of carbonyl (C=O) groups is 2. The van der Waals surface area contributed by atoms with Gasteiger partial charge < -0.3 is 10.2 Å². The number of aliphatic carboxylic acids is 1. The first kappa shape index (κ1) is 22.6. The van der Waals surface area contributed by atoms with Crippen LogP contribution in [0.15, 0.2) is 24.3 Å². The molecule has 1 unspecified atom stereocenters. The Bertz CT molecular complexity index is 494. The number of unbranched alkanes of at least 4 members (excludes halogenated alkanes) is 3. The number of allylic oxidation sites excluding steroid dienone is 4. The zero-order valence-electron chi connectivity index (χ0n) is 16.5. The predicted molar refractivity (Wildman–Crippen MR) is 105 cm³/mol. The second-order valence-electron chi connectivity index (χ2n) is 7.45. The van der Waals surface area contributed by atoms with Gasteiger partial charge in [-0.25, -0.2) is 4.79 Å². The van der Waals surface area contributed by atoms with Crippen LogP contribution in [-0.2, 0) is 9.59 Å². The number of Topliss-reactive ketones (excluding diaryl/α,β-unsaturated/α-hetero) is 1. The van der Waals surface area contributed by atoms with Crippen molar-refractivity contribution in [1.82, 2.24) is 0 Å². The molecular formula is C22H36O4. The number of carboxylic acids is 1. The van der Waals surface area contributed by atoms with E-state index in [9.17, 15) is 14.7 Å². The average Bonchev–Trinajstić information content (AvgIpc) is 2.97. The molecule has 2 N–H and O–H groups in total. The van der Waals surface area contributed by atoms with E-state index in [1.165, 1.54) is 0 Å². The van der Waals surface area contributed by atoms with Gasteiger partial charge >= 0.3 is 5.97 Å². The molecule has 0 amide bonds. The Morgan fingerprint density at radius 3 is 2.54 bits per heavy atom. The van der Waals surface area contributed by atoms with E-state index < -0.39 is 11.6 Å². The maximum Gasteiger partial charge on any atom is 0.335 e. The van der Waals surface area contributed by atoms with Crippen LogP contribution < -0.4 is 0 Å². The SMILES string of the molecule is CCC=CCCC=C[C@H]1CCC(=O)[C@@H]1CCCCCC(O)(CC)C(=O)O. The molecule has 4 nitrogen and oxygen atoms in total. The molecule has 148 valence electrons. The van der Waals surface area contributed by atoms with Crippen LogP contribution in [0.2, 0.25) is 0 Å². The van der Waals surface area contributed by atoms with E-state index in [0.717, 1.165) is 44.9 Å². The van der Waals surface area contributed by atoms with Crippen LogP contribution >= 0.6 is 0 Å². The smallest absolute Gasteiger partial charge is 0.335 e. The molecule has 1 aliphatic carbocycles. The van der Waals surface area contributed by atoms with Crippen molar-refractivity contribution in [3.63, 3.8) is 0 Å². The topological polar surface area (TPSA) is 74.6 Å². The summed E-state index contributed by atoms with van der Waals surface area (Å²) in [4.78, 5) is 23.2. The van der Waals surface area contributed by atoms with Crippen molar-refractivity contribution in [3.05, 3.63) is 24.3 Å². The molecule has 26 heavy (non-hydrogen) atoms. The molecule has 0 aromatic carbocycles. The normalized spacial score (nSPS) is 23.1. The first-order chi connectivity index (χ1) is 12.4. The van der Waals surface area contributed by atoms with Crippen molar-refractivity contribution >= 4 is 11.8 Å². The van der Waals surface area contributed by atoms with Gasteiger partial charge in [-0.15, -0.1) is 0 Å². The number of hydrogen-bond acceptors (Lipinski definition) is 3. The number of rotatable bonds is 13. The van der Waals surface area contributed by atoms with Gasteiger partial charge in [0, 0.05) is 12.3 Å². The Morgan fingerprint density at radius 2 is 1.88 bits per heavy atom. The standard InChI is InChI=1S/C22H36O4/c1-3-5-6-7-8-10-13-18-15-16-20(23)19(18)14-11-9-12-17-22(26,4-2)21(24)25/h5-6,10,13,18-19,26H,3-4,7-9,11-12,14-17H2,1-2H3,(H,24,25)/t18-,19+,22?/m0/s1. The molecule has 0 aromatic rings. The number of ketones is 1. The lowest BCUT2D eigenvalue weighted by atomic mass is 9.88. The lowest BCUT2D eigenvalue weighted by molar-refractivity contribution is -0.159. The number of hydrogen-bond donors (Lipinski definition) is 2. The number of carbonyl (C=O) groups excluding carboxylic acids is 1. The summed E-state index contributed by atoms with van der Waals surface area (Å²) in [5, 5.41) is 19.1. The molecular weight excluding hydrogens is 328 g/mol. The van der Waals surface area contributed by atoms with Gasteiger partial charge in [-0.05, 0) is 57.3 Å². The van der Waals surface area contributed by atoms with Crippen molar-refractivity contribution in [3.8, 4) is 0 Å². The minimum Gasteiger partial charge on any atom is -0.479 e. The predicted octanol–water partition coefficient (Wildman–Crippen LogP) is 5.06. The molecule has 0 saturated heterocycles. The van der Waals surface area contributed by atoms with Crippen LogP contribution in [0.4, 0.5) is 0 Å². The van der Waals surface area contributed by atoms with Crippen molar-refractivity contribution in [2.75, 3.05) is 0 Å². The second-order valence-corrected chi connectivity index (χ2v) is 7.45. The fourth-order valence-corrected chi connectivity index (χ4v) is 3.68. The molecule has 1 fully saturated rings. The van der Waals surface area contributed by atoms with Gasteiger partial charge in [0.05, 0.1) is 0 Å². The molecule has 0 aromatic heterocycles.